The number of ether oxygens (including phenoxy) is 4. The monoisotopic (exact) mass is 384 g/mol. The first-order chi connectivity index (χ1) is 13.7. The topological polar surface area (TPSA) is 78.1 Å². The molecule has 2 heterocycles. The number of urea groups is 1. The Morgan fingerprint density at radius 3 is 2.79 bits per heavy atom. The number of hydrogen-bond donors (Lipinski definition) is 2. The van der Waals surface area contributed by atoms with E-state index in [4.69, 9.17) is 18.9 Å². The number of carbonyl (C=O) groups excluding carboxylic acids is 1. The number of benzene rings is 2. The van der Waals surface area contributed by atoms with Crippen LogP contribution in [0.25, 0.3) is 0 Å². The van der Waals surface area contributed by atoms with E-state index in [1.54, 1.807) is 32.4 Å². The lowest BCUT2D eigenvalue weighted by Crippen LogP contribution is -2.30. The molecule has 0 bridgehead atoms. The highest BCUT2D eigenvalue weighted by molar-refractivity contribution is 5.91. The van der Waals surface area contributed by atoms with Gasteiger partial charge in [0.25, 0.3) is 0 Å². The number of nitrogens with one attached hydrogen (secondary N) is 2. The van der Waals surface area contributed by atoms with Crippen LogP contribution in [0.1, 0.15) is 16.7 Å². The van der Waals surface area contributed by atoms with E-state index in [2.05, 4.69) is 16.7 Å². The van der Waals surface area contributed by atoms with Crippen molar-refractivity contribution in [2.24, 2.45) is 0 Å². The highest BCUT2D eigenvalue weighted by Crippen LogP contribution is 2.40. The first kappa shape index (κ1) is 18.3. The molecule has 0 radical (unpaired) electrons. The van der Waals surface area contributed by atoms with Crippen LogP contribution >= 0.6 is 0 Å². The average molecular weight is 384 g/mol. The van der Waals surface area contributed by atoms with Crippen LogP contribution in [0.5, 0.6) is 23.0 Å². The summed E-state index contributed by atoms with van der Waals surface area (Å²) in [5.74, 6) is 3.15. The molecule has 28 heavy (non-hydrogen) atoms. The van der Waals surface area contributed by atoms with Gasteiger partial charge in [0.1, 0.15) is 23.0 Å². The van der Waals surface area contributed by atoms with Crippen molar-refractivity contribution in [1.29, 1.82) is 0 Å². The summed E-state index contributed by atoms with van der Waals surface area (Å²) in [6, 6.07) is 7.06. The molecule has 0 fully saturated rings. The van der Waals surface area contributed by atoms with Crippen LogP contribution in [0.15, 0.2) is 24.3 Å². The fourth-order valence-electron chi connectivity index (χ4n) is 3.73. The third kappa shape index (κ3) is 3.52. The predicted octanol–water partition coefficient (Wildman–Crippen LogP) is 2.94. The molecule has 0 unspecified atom stereocenters. The second-order valence-electron chi connectivity index (χ2n) is 6.71. The zero-order valence-corrected chi connectivity index (χ0v) is 16.1. The molecule has 2 N–H and O–H groups in total. The Morgan fingerprint density at radius 1 is 1.11 bits per heavy atom. The number of amides is 2. The molecule has 7 heteroatoms. The van der Waals surface area contributed by atoms with Crippen molar-refractivity contribution in [3.8, 4) is 23.0 Å². The Kier molecular flexibility index (Phi) is 5.14. The Balaban J connectivity index is 1.41. The fourth-order valence-corrected chi connectivity index (χ4v) is 3.73. The van der Waals surface area contributed by atoms with Gasteiger partial charge < -0.3 is 29.6 Å². The summed E-state index contributed by atoms with van der Waals surface area (Å²) in [5, 5.41) is 5.72. The summed E-state index contributed by atoms with van der Waals surface area (Å²) in [6.45, 7) is 1.90. The zero-order chi connectivity index (χ0) is 19.5. The molecular formula is C21H24N2O5. The number of carbonyl (C=O) groups is 1. The van der Waals surface area contributed by atoms with Crippen molar-refractivity contribution in [1.82, 2.24) is 5.32 Å². The van der Waals surface area contributed by atoms with Crippen LogP contribution in [-0.2, 0) is 19.3 Å². The Hall–Kier alpha value is -3.09. The van der Waals surface area contributed by atoms with Gasteiger partial charge in [0.15, 0.2) is 0 Å². The predicted molar refractivity (Wildman–Crippen MR) is 105 cm³/mol. The second kappa shape index (κ2) is 7.88. The molecule has 148 valence electrons. The van der Waals surface area contributed by atoms with Crippen LogP contribution in [0.3, 0.4) is 0 Å². The Morgan fingerprint density at radius 2 is 1.96 bits per heavy atom. The number of methoxy groups -OCH3 is 2. The third-order valence-electron chi connectivity index (χ3n) is 5.08. The van der Waals surface area contributed by atoms with E-state index in [-0.39, 0.29) is 6.03 Å². The minimum Gasteiger partial charge on any atom is -0.497 e. The number of anilines is 1. The summed E-state index contributed by atoms with van der Waals surface area (Å²) >= 11 is 0. The molecule has 2 aromatic rings. The molecule has 2 amide bonds. The van der Waals surface area contributed by atoms with E-state index in [1.807, 2.05) is 0 Å². The molecule has 0 spiro atoms. The second-order valence-corrected chi connectivity index (χ2v) is 6.71. The highest BCUT2D eigenvalue weighted by Gasteiger charge is 2.26. The molecule has 0 saturated carbocycles. The van der Waals surface area contributed by atoms with Gasteiger partial charge in [-0.15, -0.1) is 0 Å². The van der Waals surface area contributed by atoms with Crippen LogP contribution in [0, 0.1) is 0 Å². The molecule has 0 atom stereocenters. The van der Waals surface area contributed by atoms with Crippen molar-refractivity contribution < 1.29 is 23.7 Å². The van der Waals surface area contributed by atoms with Crippen LogP contribution < -0.4 is 29.6 Å². The number of fused-ring (bicyclic) bond motifs is 2. The van der Waals surface area contributed by atoms with Gasteiger partial charge in [-0.05, 0) is 24.6 Å². The van der Waals surface area contributed by atoms with Gasteiger partial charge in [0.2, 0.25) is 0 Å². The average Bonchev–Trinajstić information content (AvgIpc) is 3.36. The normalized spacial score (nSPS) is 13.8. The molecule has 0 aliphatic carbocycles. The first-order valence-electron chi connectivity index (χ1n) is 9.39. The quantitative estimate of drug-likeness (QED) is 0.801. The molecular weight excluding hydrogens is 360 g/mol. The van der Waals surface area contributed by atoms with Crippen LogP contribution in [0.2, 0.25) is 0 Å². The van der Waals surface area contributed by atoms with E-state index in [0.29, 0.717) is 43.4 Å². The maximum absolute atomic E-state index is 12.4. The first-order valence-corrected chi connectivity index (χ1v) is 9.39. The molecule has 2 aliphatic rings. The van der Waals surface area contributed by atoms with Crippen molar-refractivity contribution in [2.45, 2.75) is 19.3 Å². The van der Waals surface area contributed by atoms with Gasteiger partial charge in [0, 0.05) is 42.1 Å². The van der Waals surface area contributed by atoms with Crippen LogP contribution in [0.4, 0.5) is 10.5 Å². The Bertz CT molecular complexity index is 865. The smallest absolute Gasteiger partial charge is 0.319 e. The van der Waals surface area contributed by atoms with Crippen molar-refractivity contribution in [3.05, 3.63) is 41.0 Å². The summed E-state index contributed by atoms with van der Waals surface area (Å²) < 4.78 is 22.1. The zero-order valence-electron chi connectivity index (χ0n) is 16.1. The number of hydrogen-bond acceptors (Lipinski definition) is 5. The molecule has 0 aromatic heterocycles. The van der Waals surface area contributed by atoms with Crippen molar-refractivity contribution >= 4 is 11.7 Å². The molecule has 7 nitrogen and oxygen atoms in total. The maximum Gasteiger partial charge on any atom is 0.319 e. The minimum atomic E-state index is -0.298. The summed E-state index contributed by atoms with van der Waals surface area (Å²) in [4.78, 5) is 12.4. The largest absolute Gasteiger partial charge is 0.497 e. The van der Waals surface area contributed by atoms with Gasteiger partial charge in [-0.2, -0.15) is 0 Å². The third-order valence-corrected chi connectivity index (χ3v) is 5.08. The standard InChI is InChI=1S/C21H24N2O5/c1-25-14-3-4-18(26-2)17(12-14)23-21(24)22-8-5-16-15-7-10-27-19(15)11-13-6-9-28-20(13)16/h3-4,11-12H,5-10H2,1-2H3,(H2,22,23,24). The van der Waals surface area contributed by atoms with E-state index in [9.17, 15) is 4.79 Å². The van der Waals surface area contributed by atoms with Gasteiger partial charge in [-0.25, -0.2) is 4.79 Å². The lowest BCUT2D eigenvalue weighted by molar-refractivity contribution is 0.252. The van der Waals surface area contributed by atoms with Gasteiger partial charge in [-0.1, -0.05) is 0 Å². The summed E-state index contributed by atoms with van der Waals surface area (Å²) in [5.41, 5.74) is 4.11. The number of rotatable bonds is 6. The van der Waals surface area contributed by atoms with Gasteiger partial charge >= 0.3 is 6.03 Å². The van der Waals surface area contributed by atoms with E-state index in [0.717, 1.165) is 29.9 Å². The summed E-state index contributed by atoms with van der Waals surface area (Å²) in [6.07, 6.45) is 2.48. The lowest BCUT2D eigenvalue weighted by atomic mass is 9.97. The lowest BCUT2D eigenvalue weighted by Gasteiger charge is -2.15. The van der Waals surface area contributed by atoms with E-state index < -0.39 is 0 Å². The molecule has 4 rings (SSSR count). The summed E-state index contributed by atoms with van der Waals surface area (Å²) in [7, 11) is 3.14. The van der Waals surface area contributed by atoms with Crippen molar-refractivity contribution in [3.63, 3.8) is 0 Å². The van der Waals surface area contributed by atoms with Crippen LogP contribution in [-0.4, -0.2) is 40.0 Å². The highest BCUT2D eigenvalue weighted by atomic mass is 16.5. The maximum atomic E-state index is 12.4. The van der Waals surface area contributed by atoms with Gasteiger partial charge in [0.05, 0.1) is 33.1 Å². The SMILES string of the molecule is COc1ccc(OC)c(NC(=O)NCCc2c3c(cc4c2OCC4)OCC3)c1. The Labute approximate surface area is 163 Å². The van der Waals surface area contributed by atoms with E-state index in [1.165, 1.54) is 11.1 Å². The van der Waals surface area contributed by atoms with Crippen molar-refractivity contribution in [2.75, 3.05) is 39.3 Å². The molecule has 2 aromatic carbocycles. The van der Waals surface area contributed by atoms with Gasteiger partial charge in [-0.3, -0.25) is 0 Å². The van der Waals surface area contributed by atoms with E-state index >= 15 is 0 Å². The molecule has 0 saturated heterocycles. The molecule has 2 aliphatic heterocycles. The fraction of sp³-hybridized carbons (Fsp3) is 0.381. The minimum absolute atomic E-state index is 0.298.